The summed E-state index contributed by atoms with van der Waals surface area (Å²) < 4.78 is 5.73. The third-order valence-electron chi connectivity index (χ3n) is 3.80. The maximum Gasteiger partial charge on any atom is 0.261 e. The van der Waals surface area contributed by atoms with Crippen molar-refractivity contribution in [3.63, 3.8) is 0 Å². The molecule has 0 aromatic heterocycles. The van der Waals surface area contributed by atoms with Crippen molar-refractivity contribution in [2.75, 3.05) is 11.9 Å². The van der Waals surface area contributed by atoms with Crippen molar-refractivity contribution in [1.29, 1.82) is 0 Å². The molecule has 0 saturated heterocycles. The Kier molecular flexibility index (Phi) is 7.76. The first kappa shape index (κ1) is 20.4. The van der Waals surface area contributed by atoms with Crippen molar-refractivity contribution in [2.24, 2.45) is 5.73 Å². The smallest absolute Gasteiger partial charge is 0.261 e. The fourth-order valence-electron chi connectivity index (χ4n) is 2.45. The van der Waals surface area contributed by atoms with E-state index in [1.165, 1.54) is 0 Å². The Hall–Kier alpha value is -2.93. The number of hydrogen-bond acceptors (Lipinski definition) is 4. The zero-order valence-corrected chi connectivity index (χ0v) is 16.0. The van der Waals surface area contributed by atoms with Crippen molar-refractivity contribution in [2.45, 2.75) is 26.2 Å². The molecule has 0 bridgehead atoms. The molecule has 0 saturated carbocycles. The highest BCUT2D eigenvalue weighted by Gasteiger charge is 2.15. The van der Waals surface area contributed by atoms with Gasteiger partial charge in [0, 0.05) is 0 Å². The van der Waals surface area contributed by atoms with Crippen molar-refractivity contribution in [3.05, 3.63) is 59.7 Å². The summed E-state index contributed by atoms with van der Waals surface area (Å²) in [6, 6.07) is 13.7. The molecular weight excluding hydrogens is 362 g/mol. The minimum Gasteiger partial charge on any atom is -0.493 e. The van der Waals surface area contributed by atoms with Gasteiger partial charge in [0.05, 0.1) is 23.4 Å². The van der Waals surface area contributed by atoms with Crippen molar-refractivity contribution in [1.82, 2.24) is 5.32 Å². The fraction of sp³-hybridized carbons (Fsp3) is 0.250. The second-order valence-electron chi connectivity index (χ2n) is 5.87. The number of rotatable bonds is 8. The summed E-state index contributed by atoms with van der Waals surface area (Å²) in [4.78, 5) is 24.0. The number of hydrogen-bond donors (Lipinski definition) is 3. The van der Waals surface area contributed by atoms with Gasteiger partial charge >= 0.3 is 0 Å². The average Bonchev–Trinajstić information content (AvgIpc) is 2.65. The van der Waals surface area contributed by atoms with Crippen LogP contribution in [0.15, 0.2) is 48.5 Å². The maximum absolute atomic E-state index is 12.6. The van der Waals surface area contributed by atoms with Gasteiger partial charge in [-0.25, -0.2) is 0 Å². The number of thiocarbonyl (C=S) groups is 1. The molecule has 27 heavy (non-hydrogen) atoms. The summed E-state index contributed by atoms with van der Waals surface area (Å²) in [6.07, 6.45) is 3.09. The van der Waals surface area contributed by atoms with E-state index in [0.717, 1.165) is 19.3 Å². The molecule has 0 aliphatic carbocycles. The summed E-state index contributed by atoms with van der Waals surface area (Å²) in [6.45, 7) is 2.67. The van der Waals surface area contributed by atoms with Crippen LogP contribution in [-0.2, 0) is 0 Å². The van der Waals surface area contributed by atoms with Crippen LogP contribution in [0, 0.1) is 0 Å². The molecular formula is C20H23N3O3S. The number of ether oxygens (including phenoxy) is 1. The highest BCUT2D eigenvalue weighted by molar-refractivity contribution is 7.80. The fourth-order valence-corrected chi connectivity index (χ4v) is 2.65. The van der Waals surface area contributed by atoms with E-state index < -0.39 is 11.8 Å². The van der Waals surface area contributed by atoms with E-state index in [0.29, 0.717) is 23.6 Å². The van der Waals surface area contributed by atoms with Crippen molar-refractivity contribution < 1.29 is 14.3 Å². The number of para-hydroxylation sites is 2. The van der Waals surface area contributed by atoms with Gasteiger partial charge in [0.25, 0.3) is 11.8 Å². The topological polar surface area (TPSA) is 93.4 Å². The first-order valence-electron chi connectivity index (χ1n) is 8.76. The number of unbranched alkanes of at least 4 members (excludes halogenated alkanes) is 2. The number of carbonyl (C=O) groups is 2. The Morgan fingerprint density at radius 3 is 2.41 bits per heavy atom. The first-order chi connectivity index (χ1) is 13.0. The maximum atomic E-state index is 12.6. The molecule has 7 heteroatoms. The number of nitrogens with two attached hydrogens (primary N) is 1. The molecule has 2 aromatic carbocycles. The Balaban J connectivity index is 2.03. The van der Waals surface area contributed by atoms with Gasteiger partial charge in [0.1, 0.15) is 5.75 Å². The van der Waals surface area contributed by atoms with E-state index in [4.69, 9.17) is 22.7 Å². The normalized spacial score (nSPS) is 10.1. The number of carbonyl (C=O) groups excluding carboxylic acids is 2. The van der Waals surface area contributed by atoms with Gasteiger partial charge in [0.2, 0.25) is 0 Å². The van der Waals surface area contributed by atoms with E-state index >= 15 is 0 Å². The molecule has 0 radical (unpaired) electrons. The quantitative estimate of drug-likeness (QED) is 0.478. The Labute approximate surface area is 164 Å². The highest BCUT2D eigenvalue weighted by Crippen LogP contribution is 2.19. The molecule has 142 valence electrons. The first-order valence-corrected chi connectivity index (χ1v) is 9.16. The minimum absolute atomic E-state index is 0.0643. The van der Waals surface area contributed by atoms with Crippen LogP contribution >= 0.6 is 12.2 Å². The SMILES string of the molecule is CCCCCOc1ccccc1C(=O)NC(=S)Nc1ccccc1C(N)=O. The monoisotopic (exact) mass is 385 g/mol. The zero-order chi connectivity index (χ0) is 19.6. The van der Waals surface area contributed by atoms with Crippen LogP contribution in [-0.4, -0.2) is 23.5 Å². The van der Waals surface area contributed by atoms with Gasteiger partial charge in [-0.15, -0.1) is 0 Å². The second kappa shape index (κ2) is 10.3. The third-order valence-corrected chi connectivity index (χ3v) is 4.01. The third kappa shape index (κ3) is 6.07. The van der Waals surface area contributed by atoms with E-state index in [2.05, 4.69) is 17.6 Å². The lowest BCUT2D eigenvalue weighted by molar-refractivity contribution is 0.0971. The zero-order valence-electron chi connectivity index (χ0n) is 15.2. The lowest BCUT2D eigenvalue weighted by Gasteiger charge is -2.14. The molecule has 0 unspecified atom stereocenters. The Morgan fingerprint density at radius 1 is 1.04 bits per heavy atom. The highest BCUT2D eigenvalue weighted by atomic mass is 32.1. The number of benzene rings is 2. The average molecular weight is 385 g/mol. The number of primary amides is 1. The lowest BCUT2D eigenvalue weighted by Crippen LogP contribution is -2.35. The molecule has 6 nitrogen and oxygen atoms in total. The van der Waals surface area contributed by atoms with Gasteiger partial charge < -0.3 is 15.8 Å². The molecule has 2 amide bonds. The summed E-state index contributed by atoms with van der Waals surface area (Å²) in [5.74, 6) is -0.473. The standard InChI is InChI=1S/C20H23N3O3S/c1-2-3-8-13-26-17-12-7-5-10-15(17)19(25)23-20(27)22-16-11-6-4-9-14(16)18(21)24/h4-7,9-12H,2-3,8,13H2,1H3,(H2,21,24)(H2,22,23,25,27). The van der Waals surface area contributed by atoms with Crippen LogP contribution in [0.4, 0.5) is 5.69 Å². The largest absolute Gasteiger partial charge is 0.493 e. The number of anilines is 1. The van der Waals surface area contributed by atoms with Crippen LogP contribution in [0.2, 0.25) is 0 Å². The van der Waals surface area contributed by atoms with Crippen LogP contribution in [0.3, 0.4) is 0 Å². The molecule has 0 aliphatic rings. The van der Waals surface area contributed by atoms with Crippen molar-refractivity contribution in [3.8, 4) is 5.75 Å². The summed E-state index contributed by atoms with van der Waals surface area (Å²) in [7, 11) is 0. The van der Waals surface area contributed by atoms with E-state index in [1.54, 1.807) is 42.5 Å². The Bertz CT molecular complexity index is 824. The van der Waals surface area contributed by atoms with Crippen LogP contribution in [0.5, 0.6) is 5.75 Å². The van der Waals surface area contributed by atoms with E-state index in [9.17, 15) is 9.59 Å². The van der Waals surface area contributed by atoms with Crippen molar-refractivity contribution >= 4 is 34.8 Å². The summed E-state index contributed by atoms with van der Waals surface area (Å²) >= 11 is 5.19. The number of amides is 2. The minimum atomic E-state index is -0.585. The van der Waals surface area contributed by atoms with Gasteiger partial charge in [-0.3, -0.25) is 14.9 Å². The Morgan fingerprint density at radius 2 is 1.70 bits per heavy atom. The predicted octanol–water partition coefficient (Wildman–Crippen LogP) is 3.48. The van der Waals surface area contributed by atoms with Gasteiger partial charge in [-0.05, 0) is 42.9 Å². The molecule has 0 heterocycles. The van der Waals surface area contributed by atoms with Crippen LogP contribution in [0.1, 0.15) is 46.9 Å². The summed E-state index contributed by atoms with van der Waals surface area (Å²) in [5, 5.41) is 5.50. The van der Waals surface area contributed by atoms with E-state index in [1.807, 2.05) is 6.07 Å². The molecule has 0 aliphatic heterocycles. The second-order valence-corrected chi connectivity index (χ2v) is 6.28. The van der Waals surface area contributed by atoms with Gasteiger partial charge in [-0.2, -0.15) is 0 Å². The van der Waals surface area contributed by atoms with Crippen LogP contribution in [0.25, 0.3) is 0 Å². The van der Waals surface area contributed by atoms with Crippen LogP contribution < -0.4 is 21.1 Å². The molecule has 0 spiro atoms. The van der Waals surface area contributed by atoms with Gasteiger partial charge in [0.15, 0.2) is 5.11 Å². The number of nitrogens with one attached hydrogen (secondary N) is 2. The van der Waals surface area contributed by atoms with Gasteiger partial charge in [-0.1, -0.05) is 44.0 Å². The molecule has 2 aromatic rings. The predicted molar refractivity (Wildman–Crippen MR) is 110 cm³/mol. The van der Waals surface area contributed by atoms with E-state index in [-0.39, 0.29) is 10.7 Å². The summed E-state index contributed by atoms with van der Waals surface area (Å²) in [5.41, 5.74) is 6.45. The molecule has 0 fully saturated rings. The molecule has 4 N–H and O–H groups in total. The lowest BCUT2D eigenvalue weighted by atomic mass is 10.1. The molecule has 2 rings (SSSR count). The molecule has 0 atom stereocenters.